The maximum Gasteiger partial charge on any atom is 0.325 e. The molecule has 4 N–H and O–H groups in total. The Labute approximate surface area is 239 Å². The van der Waals surface area contributed by atoms with Crippen LogP contribution in [0.15, 0.2) is 72.8 Å². The molecule has 9 nitrogen and oxygen atoms in total. The number of nitrogens with one attached hydrogen (secondary N) is 2. The summed E-state index contributed by atoms with van der Waals surface area (Å²) < 4.78 is 20.0. The van der Waals surface area contributed by atoms with Gasteiger partial charge in [-0.1, -0.05) is 69.3 Å². The Morgan fingerprint density at radius 2 is 1.66 bits per heavy atom. The van der Waals surface area contributed by atoms with E-state index in [0.29, 0.717) is 16.9 Å². The van der Waals surface area contributed by atoms with Gasteiger partial charge in [-0.25, -0.2) is 14.1 Å². The molecule has 0 spiro atoms. The molecule has 4 amide bonds. The van der Waals surface area contributed by atoms with Gasteiger partial charge in [0, 0.05) is 5.92 Å². The summed E-state index contributed by atoms with van der Waals surface area (Å²) in [6, 6.07) is 16.5. The Hall–Kier alpha value is -4.28. The lowest BCUT2D eigenvalue weighted by Gasteiger charge is -2.30. The number of halogens is 1. The monoisotopic (exact) mass is 565 g/mol. The zero-order valence-corrected chi connectivity index (χ0v) is 23.5. The Morgan fingerprint density at radius 3 is 2.24 bits per heavy atom. The molecule has 41 heavy (non-hydrogen) atoms. The molecule has 0 radical (unpaired) electrons. The summed E-state index contributed by atoms with van der Waals surface area (Å²) in [6.45, 7) is 6.70. The topological polar surface area (TPSA) is 128 Å². The van der Waals surface area contributed by atoms with Crippen LogP contribution in [0.5, 0.6) is 5.75 Å². The molecule has 2 unspecified atom stereocenters. The fourth-order valence-corrected chi connectivity index (χ4v) is 4.48. The van der Waals surface area contributed by atoms with Gasteiger partial charge in [0.05, 0.1) is 18.9 Å². The summed E-state index contributed by atoms with van der Waals surface area (Å²) >= 11 is 0. The lowest BCUT2D eigenvalue weighted by molar-refractivity contribution is -0.134. The number of ether oxygens (including phenoxy) is 1. The number of aliphatic hydroxyl groups is 2. The van der Waals surface area contributed by atoms with Crippen molar-refractivity contribution in [2.45, 2.75) is 51.8 Å². The van der Waals surface area contributed by atoms with Gasteiger partial charge in [0.2, 0.25) is 5.91 Å². The van der Waals surface area contributed by atoms with E-state index in [1.165, 1.54) is 12.1 Å². The Morgan fingerprint density at radius 1 is 1.02 bits per heavy atom. The highest BCUT2D eigenvalue weighted by Crippen LogP contribution is 2.32. The second kappa shape index (κ2) is 14.4. The first-order valence-electron chi connectivity index (χ1n) is 13.5. The number of urea groups is 1. The number of aliphatic hydroxyl groups excluding tert-OH is 2. The number of carbonyl (C=O) groups excluding carboxylic acids is 3. The van der Waals surface area contributed by atoms with E-state index < -0.39 is 47.8 Å². The zero-order chi connectivity index (χ0) is 30.1. The van der Waals surface area contributed by atoms with E-state index in [2.05, 4.69) is 10.6 Å². The number of hydrogen-bond acceptors (Lipinski definition) is 6. The SMILES string of the molecule is CC.Cc1ccc(NC(=O)C(C(C)c2ccccc2)N2C(=O)N[C@H](c3ccc(OC(CO)CO)cc3)C2=O)c(F)c1. The minimum Gasteiger partial charge on any atom is -0.486 e. The second-order valence-corrected chi connectivity index (χ2v) is 9.38. The standard InChI is InChI=1S/C29H30FN3O6.C2H6/c1-17-8-13-24(23(30)14-17)31-27(36)26(18(2)19-6-4-3-5-7-19)33-28(37)25(32-29(33)38)20-9-11-21(12-10-20)39-22(15-34)16-35;1-2/h3-14,18,22,25-26,34-35H,15-16H2,1-2H3,(H,31,36)(H,32,38);1-2H3/t18?,25-,26?;/m1./s1. The first-order valence-corrected chi connectivity index (χ1v) is 13.5. The van der Waals surface area contributed by atoms with Crippen LogP contribution in [0.2, 0.25) is 0 Å². The minimum atomic E-state index is -1.27. The van der Waals surface area contributed by atoms with Crippen LogP contribution < -0.4 is 15.4 Å². The molecular formula is C31H36FN3O6. The van der Waals surface area contributed by atoms with Gasteiger partial charge in [-0.2, -0.15) is 0 Å². The van der Waals surface area contributed by atoms with Crippen LogP contribution in [0, 0.1) is 12.7 Å². The van der Waals surface area contributed by atoms with Gasteiger partial charge in [-0.3, -0.25) is 9.59 Å². The van der Waals surface area contributed by atoms with E-state index in [0.717, 1.165) is 10.5 Å². The van der Waals surface area contributed by atoms with Gasteiger partial charge in [-0.15, -0.1) is 0 Å². The molecule has 0 bridgehead atoms. The first-order chi connectivity index (χ1) is 19.7. The van der Waals surface area contributed by atoms with E-state index in [1.807, 2.05) is 19.9 Å². The van der Waals surface area contributed by atoms with Crippen LogP contribution >= 0.6 is 0 Å². The van der Waals surface area contributed by atoms with Crippen LogP contribution in [0.1, 0.15) is 49.4 Å². The quantitative estimate of drug-likeness (QED) is 0.272. The first kappa shape index (κ1) is 31.3. The van der Waals surface area contributed by atoms with Gasteiger partial charge in [0.1, 0.15) is 29.8 Å². The number of imide groups is 1. The Bertz CT molecular complexity index is 1330. The number of carbonyl (C=O) groups is 3. The van der Waals surface area contributed by atoms with Crippen molar-refractivity contribution >= 4 is 23.5 Å². The third-order valence-electron chi connectivity index (χ3n) is 6.62. The maximum atomic E-state index is 14.6. The Balaban J connectivity index is 0.00000226. The predicted octanol–water partition coefficient (Wildman–Crippen LogP) is 4.30. The summed E-state index contributed by atoms with van der Waals surface area (Å²) in [7, 11) is 0. The predicted molar refractivity (Wildman–Crippen MR) is 153 cm³/mol. The van der Waals surface area contributed by atoms with Gasteiger partial charge < -0.3 is 25.6 Å². The fraction of sp³-hybridized carbons (Fsp3) is 0.323. The van der Waals surface area contributed by atoms with E-state index in [1.54, 1.807) is 68.4 Å². The molecule has 218 valence electrons. The third kappa shape index (κ3) is 7.27. The van der Waals surface area contributed by atoms with Gasteiger partial charge in [0.25, 0.3) is 5.91 Å². The molecule has 1 aliphatic rings. The number of hydrogen-bond donors (Lipinski definition) is 4. The number of aryl methyl sites for hydroxylation is 1. The highest BCUT2D eigenvalue weighted by molar-refractivity contribution is 6.10. The van der Waals surface area contributed by atoms with E-state index in [4.69, 9.17) is 4.74 Å². The van der Waals surface area contributed by atoms with Crippen LogP contribution in [-0.4, -0.2) is 58.3 Å². The van der Waals surface area contributed by atoms with E-state index >= 15 is 0 Å². The molecular weight excluding hydrogens is 529 g/mol. The van der Waals surface area contributed by atoms with Gasteiger partial charge in [0.15, 0.2) is 0 Å². The van der Waals surface area contributed by atoms with Crippen molar-refractivity contribution in [2.75, 3.05) is 18.5 Å². The molecule has 1 heterocycles. The Kier molecular flexibility index (Phi) is 11.0. The highest BCUT2D eigenvalue weighted by atomic mass is 19.1. The number of benzene rings is 3. The smallest absolute Gasteiger partial charge is 0.325 e. The lowest BCUT2D eigenvalue weighted by atomic mass is 9.91. The molecule has 4 rings (SSSR count). The number of nitrogens with zero attached hydrogens (tertiary/aromatic N) is 1. The highest BCUT2D eigenvalue weighted by Gasteiger charge is 2.47. The van der Waals surface area contributed by atoms with Gasteiger partial charge >= 0.3 is 6.03 Å². The zero-order valence-electron chi connectivity index (χ0n) is 23.5. The lowest BCUT2D eigenvalue weighted by Crippen LogP contribution is -2.50. The number of rotatable bonds is 10. The molecule has 3 aromatic rings. The van der Waals surface area contributed by atoms with Crippen molar-refractivity contribution in [1.82, 2.24) is 10.2 Å². The van der Waals surface area contributed by atoms with Crippen molar-refractivity contribution in [1.29, 1.82) is 0 Å². The second-order valence-electron chi connectivity index (χ2n) is 9.38. The van der Waals surface area contributed by atoms with Crippen LogP contribution in [0.25, 0.3) is 0 Å². The van der Waals surface area contributed by atoms with Crippen molar-refractivity contribution in [2.24, 2.45) is 0 Å². The average Bonchev–Trinajstić information content (AvgIpc) is 3.28. The van der Waals surface area contributed by atoms with Crippen molar-refractivity contribution in [3.8, 4) is 5.75 Å². The van der Waals surface area contributed by atoms with Crippen molar-refractivity contribution < 1.29 is 33.7 Å². The summed E-state index contributed by atoms with van der Waals surface area (Å²) in [5.41, 5.74) is 1.79. The molecule has 0 aliphatic carbocycles. The van der Waals surface area contributed by atoms with E-state index in [9.17, 15) is 29.0 Å². The molecule has 1 fully saturated rings. The molecule has 1 saturated heterocycles. The van der Waals surface area contributed by atoms with E-state index in [-0.39, 0.29) is 18.9 Å². The van der Waals surface area contributed by atoms with Crippen LogP contribution in [-0.2, 0) is 9.59 Å². The third-order valence-corrected chi connectivity index (χ3v) is 6.62. The molecule has 3 aromatic carbocycles. The molecule has 0 aromatic heterocycles. The molecule has 3 atom stereocenters. The summed E-state index contributed by atoms with van der Waals surface area (Å²) in [5, 5.41) is 23.6. The van der Waals surface area contributed by atoms with Crippen molar-refractivity contribution in [3.63, 3.8) is 0 Å². The maximum absolute atomic E-state index is 14.6. The molecule has 0 saturated carbocycles. The number of amides is 4. The molecule has 10 heteroatoms. The average molecular weight is 566 g/mol. The largest absolute Gasteiger partial charge is 0.486 e. The fourth-order valence-electron chi connectivity index (χ4n) is 4.48. The summed E-state index contributed by atoms with van der Waals surface area (Å²) in [5.74, 6) is -2.23. The number of anilines is 1. The van der Waals surface area contributed by atoms with Crippen LogP contribution in [0.3, 0.4) is 0 Å². The minimum absolute atomic E-state index is 0.0564. The van der Waals surface area contributed by atoms with Gasteiger partial charge in [-0.05, 0) is 47.9 Å². The molecule has 1 aliphatic heterocycles. The summed E-state index contributed by atoms with van der Waals surface area (Å²) in [4.78, 5) is 41.2. The normalized spacial score (nSPS) is 16.0. The summed E-state index contributed by atoms with van der Waals surface area (Å²) in [6.07, 6.45) is -0.795. The van der Waals surface area contributed by atoms with Crippen molar-refractivity contribution in [3.05, 3.63) is 95.3 Å². The van der Waals surface area contributed by atoms with Crippen LogP contribution in [0.4, 0.5) is 14.9 Å².